The van der Waals surface area contributed by atoms with Crippen LogP contribution in [0.25, 0.3) is 10.8 Å². The predicted molar refractivity (Wildman–Crippen MR) is 157 cm³/mol. The van der Waals surface area contributed by atoms with Crippen molar-refractivity contribution < 1.29 is 24.2 Å². The number of hydrogen-bond acceptors (Lipinski definition) is 6. The number of hydrogen-bond donors (Lipinski definition) is 4. The van der Waals surface area contributed by atoms with Crippen molar-refractivity contribution in [3.8, 4) is 0 Å². The van der Waals surface area contributed by atoms with Gasteiger partial charge in [0.05, 0.1) is 6.10 Å². The zero-order valence-electron chi connectivity index (χ0n) is 24.7. The van der Waals surface area contributed by atoms with Crippen molar-refractivity contribution in [2.45, 2.75) is 83.7 Å². The smallest absolute Gasteiger partial charge is 0.254 e. The molecule has 1 aliphatic rings. The van der Waals surface area contributed by atoms with Crippen LogP contribution >= 0.6 is 0 Å². The van der Waals surface area contributed by atoms with E-state index >= 15 is 0 Å². The largest absolute Gasteiger partial charge is 0.391 e. The van der Waals surface area contributed by atoms with Gasteiger partial charge in [-0.2, -0.15) is 0 Å². The van der Waals surface area contributed by atoms with Crippen molar-refractivity contribution in [1.29, 1.82) is 0 Å². The Morgan fingerprint density at radius 1 is 1.10 bits per heavy atom. The Hall–Kier alpha value is -3.01. The topological polar surface area (TPSA) is 120 Å². The molecule has 1 saturated heterocycles. The molecule has 3 rings (SSSR count). The van der Waals surface area contributed by atoms with Crippen LogP contribution in [0.4, 0.5) is 0 Å². The Kier molecular flexibility index (Phi) is 11.1. The highest BCUT2D eigenvalue weighted by molar-refractivity contribution is 5.94. The molecule has 4 N–H and O–H groups in total. The molecule has 40 heavy (non-hydrogen) atoms. The van der Waals surface area contributed by atoms with E-state index in [4.69, 9.17) is 4.74 Å². The third kappa shape index (κ3) is 8.49. The maximum Gasteiger partial charge on any atom is 0.254 e. The summed E-state index contributed by atoms with van der Waals surface area (Å²) in [6.07, 6.45) is 0.301. The summed E-state index contributed by atoms with van der Waals surface area (Å²) < 4.78 is 5.33. The van der Waals surface area contributed by atoms with Gasteiger partial charge in [0.2, 0.25) is 11.8 Å². The molecule has 0 saturated carbocycles. The molecule has 1 aliphatic heterocycles. The number of methoxy groups -OCH3 is 1. The number of carbonyl (C=O) groups excluding carboxylic acids is 3. The van der Waals surface area contributed by atoms with Crippen LogP contribution in [0.2, 0.25) is 0 Å². The summed E-state index contributed by atoms with van der Waals surface area (Å²) in [5, 5.41) is 21.8. The van der Waals surface area contributed by atoms with Gasteiger partial charge in [-0.1, -0.05) is 56.3 Å². The molecule has 1 heterocycles. The SMILES string of the molecule is COC(C)(C)C(=O)N1C[C@H](O)CC1C(=O)N[C@H](Cc1ccc2ccccc2c1)C(=O)NCCC(C)NCC(C)C. The quantitative estimate of drug-likeness (QED) is 0.302. The Balaban J connectivity index is 1.75. The monoisotopic (exact) mass is 554 g/mol. The summed E-state index contributed by atoms with van der Waals surface area (Å²) in [5.74, 6) is -0.602. The number of ether oxygens (including phenoxy) is 1. The van der Waals surface area contributed by atoms with E-state index in [2.05, 4.69) is 36.7 Å². The minimum atomic E-state index is -1.15. The number of fused-ring (bicyclic) bond motifs is 1. The third-order valence-corrected chi connectivity index (χ3v) is 7.51. The first-order valence-corrected chi connectivity index (χ1v) is 14.2. The standard InChI is InChI=1S/C31H46N4O5/c1-20(2)18-33-21(3)13-14-32-28(37)26(16-22-11-12-23-9-7-8-10-24(23)15-22)34-29(38)27-17-25(36)19-35(27)30(39)31(4,5)40-6/h7-12,15,20-21,25-27,33,36H,13-14,16-19H2,1-6H3,(H,32,37)(H,34,38)/t21?,25-,26-,27?/m1/s1. The van der Waals surface area contributed by atoms with Crippen LogP contribution in [0.3, 0.4) is 0 Å². The van der Waals surface area contributed by atoms with E-state index in [1.807, 2.05) is 42.5 Å². The fourth-order valence-electron chi connectivity index (χ4n) is 4.87. The van der Waals surface area contributed by atoms with E-state index in [9.17, 15) is 19.5 Å². The summed E-state index contributed by atoms with van der Waals surface area (Å²) in [7, 11) is 1.43. The average molecular weight is 555 g/mol. The first kappa shape index (κ1) is 31.5. The molecule has 2 aromatic rings. The summed E-state index contributed by atoms with van der Waals surface area (Å²) in [5.41, 5.74) is -0.240. The number of nitrogens with zero attached hydrogens (tertiary/aromatic N) is 1. The molecule has 2 unspecified atom stereocenters. The van der Waals surface area contributed by atoms with Gasteiger partial charge in [-0.15, -0.1) is 0 Å². The van der Waals surface area contributed by atoms with Crippen molar-refractivity contribution in [3.63, 3.8) is 0 Å². The van der Waals surface area contributed by atoms with E-state index in [0.717, 1.165) is 29.3 Å². The molecule has 9 nitrogen and oxygen atoms in total. The van der Waals surface area contributed by atoms with Gasteiger partial charge in [-0.3, -0.25) is 14.4 Å². The van der Waals surface area contributed by atoms with Gasteiger partial charge in [0.25, 0.3) is 5.91 Å². The van der Waals surface area contributed by atoms with E-state index in [0.29, 0.717) is 12.5 Å². The number of carbonyl (C=O) groups is 3. The molecule has 0 radical (unpaired) electrons. The van der Waals surface area contributed by atoms with Gasteiger partial charge in [-0.05, 0) is 56.0 Å². The van der Waals surface area contributed by atoms with E-state index < -0.39 is 29.7 Å². The van der Waals surface area contributed by atoms with Crippen LogP contribution < -0.4 is 16.0 Å². The van der Waals surface area contributed by atoms with Crippen molar-refractivity contribution in [1.82, 2.24) is 20.9 Å². The van der Waals surface area contributed by atoms with Crippen LogP contribution in [0.1, 0.15) is 53.0 Å². The predicted octanol–water partition coefficient (Wildman–Crippen LogP) is 2.39. The fourth-order valence-corrected chi connectivity index (χ4v) is 4.87. The van der Waals surface area contributed by atoms with Crippen molar-refractivity contribution >= 4 is 28.5 Å². The average Bonchev–Trinajstić information content (AvgIpc) is 3.32. The second kappa shape index (κ2) is 14.1. The number of benzene rings is 2. The fraction of sp³-hybridized carbons (Fsp3) is 0.581. The lowest BCUT2D eigenvalue weighted by atomic mass is 10.0. The number of aliphatic hydroxyl groups is 1. The highest BCUT2D eigenvalue weighted by atomic mass is 16.5. The molecule has 0 aromatic heterocycles. The second-order valence-electron chi connectivity index (χ2n) is 11.8. The molecule has 2 aromatic carbocycles. The van der Waals surface area contributed by atoms with Gasteiger partial charge in [0.1, 0.15) is 17.7 Å². The Bertz CT molecular complexity index is 1170. The minimum absolute atomic E-state index is 0.0342. The third-order valence-electron chi connectivity index (χ3n) is 7.51. The zero-order valence-corrected chi connectivity index (χ0v) is 24.7. The van der Waals surface area contributed by atoms with Crippen LogP contribution in [0, 0.1) is 5.92 Å². The van der Waals surface area contributed by atoms with E-state index in [-0.39, 0.29) is 37.2 Å². The highest BCUT2D eigenvalue weighted by Gasteiger charge is 2.44. The molecule has 220 valence electrons. The first-order valence-electron chi connectivity index (χ1n) is 14.2. The molecule has 0 aliphatic carbocycles. The zero-order chi connectivity index (χ0) is 29.4. The summed E-state index contributed by atoms with van der Waals surface area (Å²) >= 11 is 0. The molecule has 1 fully saturated rings. The number of rotatable bonds is 13. The second-order valence-corrected chi connectivity index (χ2v) is 11.8. The van der Waals surface area contributed by atoms with Crippen LogP contribution in [0.5, 0.6) is 0 Å². The maximum absolute atomic E-state index is 13.5. The Morgan fingerprint density at radius 3 is 2.48 bits per heavy atom. The Labute approximate surface area is 238 Å². The first-order chi connectivity index (χ1) is 18.9. The molecular weight excluding hydrogens is 508 g/mol. The number of likely N-dealkylation sites (tertiary alicyclic amines) is 1. The molecule has 0 spiro atoms. The lowest BCUT2D eigenvalue weighted by molar-refractivity contribution is -0.154. The number of amides is 3. The number of aliphatic hydroxyl groups excluding tert-OH is 1. The number of β-amino-alcohol motifs (C(OH)–C–C–N with tert-alkyl or cyclic N) is 1. The molecule has 4 atom stereocenters. The van der Waals surface area contributed by atoms with Crippen molar-refractivity contribution in [3.05, 3.63) is 48.0 Å². The summed E-state index contributed by atoms with van der Waals surface area (Å²) in [6, 6.07) is 12.5. The number of nitrogens with one attached hydrogen (secondary N) is 3. The van der Waals surface area contributed by atoms with Gasteiger partial charge >= 0.3 is 0 Å². The lowest BCUT2D eigenvalue weighted by Crippen LogP contribution is -2.56. The molecular formula is C31H46N4O5. The van der Waals surface area contributed by atoms with Crippen molar-refractivity contribution in [2.24, 2.45) is 5.92 Å². The van der Waals surface area contributed by atoms with Gasteiger partial charge in [-0.25, -0.2) is 0 Å². The van der Waals surface area contributed by atoms with Crippen molar-refractivity contribution in [2.75, 3.05) is 26.7 Å². The highest BCUT2D eigenvalue weighted by Crippen LogP contribution is 2.24. The van der Waals surface area contributed by atoms with E-state index in [1.165, 1.54) is 12.0 Å². The maximum atomic E-state index is 13.5. The summed E-state index contributed by atoms with van der Waals surface area (Å²) in [4.78, 5) is 41.4. The summed E-state index contributed by atoms with van der Waals surface area (Å²) in [6.45, 7) is 11.0. The van der Waals surface area contributed by atoms with E-state index in [1.54, 1.807) is 13.8 Å². The van der Waals surface area contributed by atoms with Crippen LogP contribution in [-0.2, 0) is 25.5 Å². The van der Waals surface area contributed by atoms with Gasteiger partial charge < -0.3 is 30.7 Å². The van der Waals surface area contributed by atoms with Crippen LogP contribution in [0.15, 0.2) is 42.5 Å². The van der Waals surface area contributed by atoms with Gasteiger partial charge in [0, 0.05) is 39.1 Å². The van der Waals surface area contributed by atoms with Crippen LogP contribution in [-0.4, -0.2) is 84.3 Å². The molecule has 9 heteroatoms. The Morgan fingerprint density at radius 2 is 1.80 bits per heavy atom. The molecule has 0 bridgehead atoms. The van der Waals surface area contributed by atoms with Gasteiger partial charge in [0.15, 0.2) is 0 Å². The lowest BCUT2D eigenvalue weighted by Gasteiger charge is -2.32. The minimum Gasteiger partial charge on any atom is -0.391 e. The molecule has 3 amide bonds. The normalized spacial score (nSPS) is 19.1.